The van der Waals surface area contributed by atoms with Crippen LogP contribution in [-0.2, 0) is 27.4 Å². The molecule has 0 radical (unpaired) electrons. The zero-order chi connectivity index (χ0) is 22.8. The van der Waals surface area contributed by atoms with Crippen LogP contribution in [-0.4, -0.2) is 57.9 Å². The zero-order valence-corrected chi connectivity index (χ0v) is 16.4. The number of hydrogen-bond acceptors (Lipinski definition) is 6. The third-order valence-electron chi connectivity index (χ3n) is 4.26. The summed E-state index contributed by atoms with van der Waals surface area (Å²) in [5, 5.41) is 32.1. The highest BCUT2D eigenvalue weighted by atomic mass is 16.5. The predicted octanol–water partition coefficient (Wildman–Crippen LogP) is 0.784. The van der Waals surface area contributed by atoms with Gasteiger partial charge in [-0.25, -0.2) is 14.4 Å². The molecule has 0 saturated carbocycles. The standard InChI is InChI=1S/C21H22N2O8/c24-11-17(23-21(30)31-12-14-4-2-1-3-5-14)18(25)22-16(20(28)29)10-13-6-8-15(9-7-13)19(26)27/h1-9,16-17,24H,10-12H2,(H,22,25)(H,23,30)(H,26,27)(H,28,29)/t16-,17-/m0/s1. The number of benzene rings is 2. The van der Waals surface area contributed by atoms with E-state index in [0.29, 0.717) is 5.56 Å². The molecule has 0 spiro atoms. The van der Waals surface area contributed by atoms with Crippen molar-refractivity contribution in [3.63, 3.8) is 0 Å². The van der Waals surface area contributed by atoms with E-state index in [1.165, 1.54) is 24.3 Å². The number of amides is 2. The topological polar surface area (TPSA) is 162 Å². The Hall–Kier alpha value is -3.92. The van der Waals surface area contributed by atoms with Gasteiger partial charge in [-0.3, -0.25) is 4.79 Å². The zero-order valence-electron chi connectivity index (χ0n) is 16.4. The summed E-state index contributed by atoms with van der Waals surface area (Å²) in [6, 6.07) is 11.5. The number of carboxylic acid groups (broad SMARTS) is 2. The maximum atomic E-state index is 12.4. The molecule has 5 N–H and O–H groups in total. The van der Waals surface area contributed by atoms with Crippen LogP contribution in [0.3, 0.4) is 0 Å². The normalized spacial score (nSPS) is 12.3. The summed E-state index contributed by atoms with van der Waals surface area (Å²) in [4.78, 5) is 46.7. The highest BCUT2D eigenvalue weighted by molar-refractivity contribution is 5.89. The first-order valence-electron chi connectivity index (χ1n) is 9.23. The molecular weight excluding hydrogens is 408 g/mol. The van der Waals surface area contributed by atoms with Gasteiger partial charge in [0, 0.05) is 6.42 Å². The number of hydrogen-bond donors (Lipinski definition) is 5. The first kappa shape index (κ1) is 23.4. The number of carbonyl (C=O) groups excluding carboxylic acids is 2. The Morgan fingerprint density at radius 1 is 0.839 bits per heavy atom. The van der Waals surface area contributed by atoms with Crippen molar-refractivity contribution in [3.8, 4) is 0 Å². The minimum Gasteiger partial charge on any atom is -0.480 e. The van der Waals surface area contributed by atoms with Crippen molar-refractivity contribution < 1.29 is 39.2 Å². The van der Waals surface area contributed by atoms with Gasteiger partial charge in [-0.15, -0.1) is 0 Å². The van der Waals surface area contributed by atoms with Crippen LogP contribution in [0.4, 0.5) is 4.79 Å². The first-order chi connectivity index (χ1) is 14.8. The summed E-state index contributed by atoms with van der Waals surface area (Å²) in [6.45, 7) is -0.817. The lowest BCUT2D eigenvalue weighted by Crippen LogP contribution is -2.53. The van der Waals surface area contributed by atoms with Crippen LogP contribution >= 0.6 is 0 Å². The van der Waals surface area contributed by atoms with Crippen molar-refractivity contribution in [2.75, 3.05) is 6.61 Å². The first-order valence-corrected chi connectivity index (χ1v) is 9.23. The monoisotopic (exact) mass is 430 g/mol. The number of alkyl carbamates (subject to hydrolysis) is 1. The number of carbonyl (C=O) groups is 4. The molecule has 2 aromatic carbocycles. The van der Waals surface area contributed by atoms with Crippen LogP contribution in [0.25, 0.3) is 0 Å². The van der Waals surface area contributed by atoms with Gasteiger partial charge in [-0.2, -0.15) is 0 Å². The van der Waals surface area contributed by atoms with E-state index in [2.05, 4.69) is 10.6 Å². The van der Waals surface area contributed by atoms with Gasteiger partial charge < -0.3 is 30.7 Å². The molecule has 2 atom stereocenters. The Morgan fingerprint density at radius 3 is 2.03 bits per heavy atom. The fourth-order valence-electron chi connectivity index (χ4n) is 2.59. The van der Waals surface area contributed by atoms with Crippen molar-refractivity contribution in [2.24, 2.45) is 0 Å². The van der Waals surface area contributed by atoms with E-state index in [1.807, 2.05) is 0 Å². The highest BCUT2D eigenvalue weighted by Crippen LogP contribution is 2.08. The summed E-state index contributed by atoms with van der Waals surface area (Å²) < 4.78 is 4.98. The molecule has 0 fully saturated rings. The maximum Gasteiger partial charge on any atom is 0.408 e. The molecule has 0 aliphatic heterocycles. The number of ether oxygens (including phenoxy) is 1. The largest absolute Gasteiger partial charge is 0.480 e. The molecule has 2 amide bonds. The minimum absolute atomic E-state index is 0.0400. The van der Waals surface area contributed by atoms with Crippen molar-refractivity contribution in [3.05, 3.63) is 71.3 Å². The number of aromatic carboxylic acids is 1. The Morgan fingerprint density at radius 2 is 1.48 bits per heavy atom. The van der Waals surface area contributed by atoms with Crippen LogP contribution in [0, 0.1) is 0 Å². The molecular formula is C21H22N2O8. The molecule has 0 saturated heterocycles. The van der Waals surface area contributed by atoms with Crippen LogP contribution in [0.2, 0.25) is 0 Å². The van der Waals surface area contributed by atoms with Gasteiger partial charge in [0.1, 0.15) is 18.7 Å². The second-order valence-corrected chi connectivity index (χ2v) is 6.55. The molecule has 2 rings (SSSR count). The lowest BCUT2D eigenvalue weighted by Gasteiger charge is -2.20. The molecule has 2 aromatic rings. The molecule has 0 unspecified atom stereocenters. The van der Waals surface area contributed by atoms with Gasteiger partial charge in [0.25, 0.3) is 0 Å². The number of aliphatic hydroxyl groups excluding tert-OH is 1. The van der Waals surface area contributed by atoms with Gasteiger partial charge in [-0.05, 0) is 23.3 Å². The van der Waals surface area contributed by atoms with Crippen LogP contribution in [0.5, 0.6) is 0 Å². The second kappa shape index (κ2) is 11.3. The lowest BCUT2D eigenvalue weighted by molar-refractivity contribution is -0.142. The number of aliphatic carboxylic acids is 1. The molecule has 0 bridgehead atoms. The van der Waals surface area contributed by atoms with Crippen molar-refractivity contribution in [1.29, 1.82) is 0 Å². The third kappa shape index (κ3) is 7.44. The average molecular weight is 430 g/mol. The molecule has 0 aliphatic rings. The van der Waals surface area contributed by atoms with E-state index in [-0.39, 0.29) is 18.6 Å². The number of nitrogens with one attached hydrogen (secondary N) is 2. The maximum absolute atomic E-state index is 12.4. The van der Waals surface area contributed by atoms with E-state index in [9.17, 15) is 29.4 Å². The fourth-order valence-corrected chi connectivity index (χ4v) is 2.59. The Bertz CT molecular complexity index is 915. The van der Waals surface area contributed by atoms with E-state index in [0.717, 1.165) is 5.56 Å². The molecule has 31 heavy (non-hydrogen) atoms. The lowest BCUT2D eigenvalue weighted by atomic mass is 10.0. The third-order valence-corrected chi connectivity index (χ3v) is 4.26. The summed E-state index contributed by atoms with van der Waals surface area (Å²) in [5.41, 5.74) is 1.24. The van der Waals surface area contributed by atoms with Crippen molar-refractivity contribution in [2.45, 2.75) is 25.1 Å². The van der Waals surface area contributed by atoms with Crippen LogP contribution in [0.1, 0.15) is 21.5 Å². The van der Waals surface area contributed by atoms with Gasteiger partial charge in [0.2, 0.25) is 5.91 Å². The summed E-state index contributed by atoms with van der Waals surface area (Å²) in [7, 11) is 0. The molecule has 0 aliphatic carbocycles. The predicted molar refractivity (Wildman–Crippen MR) is 107 cm³/mol. The molecule has 164 valence electrons. The van der Waals surface area contributed by atoms with Crippen LogP contribution in [0.15, 0.2) is 54.6 Å². The van der Waals surface area contributed by atoms with Gasteiger partial charge in [-0.1, -0.05) is 42.5 Å². The van der Waals surface area contributed by atoms with Gasteiger partial charge in [0.15, 0.2) is 0 Å². The Labute approximate surface area is 177 Å². The second-order valence-electron chi connectivity index (χ2n) is 6.55. The average Bonchev–Trinajstić information content (AvgIpc) is 2.76. The summed E-state index contributed by atoms with van der Waals surface area (Å²) >= 11 is 0. The highest BCUT2D eigenvalue weighted by Gasteiger charge is 2.26. The fraction of sp³-hybridized carbons (Fsp3) is 0.238. The molecule has 10 heteroatoms. The minimum atomic E-state index is -1.42. The van der Waals surface area contributed by atoms with E-state index in [1.54, 1.807) is 30.3 Å². The van der Waals surface area contributed by atoms with E-state index in [4.69, 9.17) is 9.84 Å². The van der Waals surface area contributed by atoms with E-state index < -0.39 is 42.6 Å². The summed E-state index contributed by atoms with van der Waals surface area (Å²) in [5.74, 6) is -3.36. The van der Waals surface area contributed by atoms with Crippen LogP contribution < -0.4 is 10.6 Å². The number of rotatable bonds is 10. The van der Waals surface area contributed by atoms with Crippen molar-refractivity contribution >= 4 is 23.9 Å². The SMILES string of the molecule is O=C(N[C@@H](CO)C(=O)N[C@@H](Cc1ccc(C(=O)O)cc1)C(=O)O)OCc1ccccc1. The van der Waals surface area contributed by atoms with Gasteiger partial charge >= 0.3 is 18.0 Å². The smallest absolute Gasteiger partial charge is 0.408 e. The number of carboxylic acids is 2. The van der Waals surface area contributed by atoms with Crippen molar-refractivity contribution in [1.82, 2.24) is 10.6 Å². The van der Waals surface area contributed by atoms with Gasteiger partial charge in [0.05, 0.1) is 12.2 Å². The molecule has 10 nitrogen and oxygen atoms in total. The Kier molecular flexibility index (Phi) is 8.52. The summed E-state index contributed by atoms with van der Waals surface area (Å²) in [6.07, 6.45) is -1.08. The molecule has 0 aromatic heterocycles. The van der Waals surface area contributed by atoms with E-state index >= 15 is 0 Å². The Balaban J connectivity index is 1.93. The number of aliphatic hydroxyl groups is 1. The quantitative estimate of drug-likeness (QED) is 0.369. The molecule has 0 heterocycles.